The minimum absolute atomic E-state index is 0.170. The van der Waals surface area contributed by atoms with Crippen molar-refractivity contribution in [2.45, 2.75) is 129 Å². The van der Waals surface area contributed by atoms with Crippen LogP contribution in [0.15, 0.2) is 6.20 Å². The van der Waals surface area contributed by atoms with Gasteiger partial charge >= 0.3 is 0 Å². The summed E-state index contributed by atoms with van der Waals surface area (Å²) >= 11 is 0. The zero-order valence-electron chi connectivity index (χ0n) is 34.1. The summed E-state index contributed by atoms with van der Waals surface area (Å²) in [6.45, 7) is 19.2. The van der Waals surface area contributed by atoms with Crippen LogP contribution in [0.5, 0.6) is 0 Å². The summed E-state index contributed by atoms with van der Waals surface area (Å²) < 4.78 is 25.3. The van der Waals surface area contributed by atoms with E-state index in [1.807, 2.05) is 20.3 Å². The third kappa shape index (κ3) is 13.7. The maximum absolute atomic E-state index is 6.54. The lowest BCUT2D eigenvalue weighted by molar-refractivity contribution is -0.0842. The molecule has 2 heterocycles. The molecule has 2 aliphatic rings. The molecular weight excluding hydrogens is 656 g/mol. The zero-order valence-corrected chi connectivity index (χ0v) is 34.1. The highest BCUT2D eigenvalue weighted by atomic mass is 16.5. The van der Waals surface area contributed by atoms with E-state index in [0.717, 1.165) is 104 Å². The van der Waals surface area contributed by atoms with Crippen LogP contribution < -0.4 is 10.6 Å². The van der Waals surface area contributed by atoms with Gasteiger partial charge in [-0.1, -0.05) is 0 Å². The molecule has 52 heavy (non-hydrogen) atoms. The van der Waals surface area contributed by atoms with Gasteiger partial charge in [-0.3, -0.25) is 10.2 Å². The van der Waals surface area contributed by atoms with E-state index in [9.17, 15) is 0 Å². The van der Waals surface area contributed by atoms with Crippen LogP contribution in [-0.4, -0.2) is 135 Å². The highest BCUT2D eigenvalue weighted by molar-refractivity contribution is 5.29. The Morgan fingerprint density at radius 1 is 0.788 bits per heavy atom. The second-order valence-corrected chi connectivity index (χ2v) is 16.2. The molecule has 2 aromatic heterocycles. The van der Waals surface area contributed by atoms with Gasteiger partial charge in [0.05, 0.1) is 42.9 Å². The number of H-pyrrole nitrogens is 2. The van der Waals surface area contributed by atoms with Crippen LogP contribution in [0.3, 0.4) is 0 Å². The fraction of sp³-hybridized carbons (Fsp3) is 0.850. The van der Waals surface area contributed by atoms with Crippen molar-refractivity contribution in [3.8, 4) is 0 Å². The SMILES string of the molecule is CCOCC1CC(COCCc2[nH]nc(C3CC(OC(C)C)CC(OC(C)C)C3)c2CN(C)CCNC)CC(c2[nH]ncc2CN(C)CCNC)C1. The molecule has 5 unspecified atom stereocenters. The molecule has 2 fully saturated rings. The van der Waals surface area contributed by atoms with Gasteiger partial charge in [-0.15, -0.1) is 0 Å². The summed E-state index contributed by atoms with van der Waals surface area (Å²) in [5.41, 5.74) is 6.30. The molecular formula is C40H74N8O4. The van der Waals surface area contributed by atoms with Crippen molar-refractivity contribution < 1.29 is 18.9 Å². The maximum Gasteiger partial charge on any atom is 0.0702 e. The van der Waals surface area contributed by atoms with Gasteiger partial charge in [0.1, 0.15) is 0 Å². The minimum atomic E-state index is 0.170. The smallest absolute Gasteiger partial charge is 0.0702 e. The van der Waals surface area contributed by atoms with Crippen molar-refractivity contribution in [1.82, 2.24) is 40.8 Å². The van der Waals surface area contributed by atoms with E-state index < -0.39 is 0 Å². The van der Waals surface area contributed by atoms with Gasteiger partial charge in [0.2, 0.25) is 0 Å². The summed E-state index contributed by atoms with van der Waals surface area (Å²) in [5, 5.41) is 23.0. The first-order valence-electron chi connectivity index (χ1n) is 20.3. The fourth-order valence-electron chi connectivity index (χ4n) is 8.48. The van der Waals surface area contributed by atoms with Crippen LogP contribution in [0.2, 0.25) is 0 Å². The minimum Gasteiger partial charge on any atom is -0.381 e. The first kappa shape index (κ1) is 42.8. The van der Waals surface area contributed by atoms with Gasteiger partial charge in [-0.25, -0.2) is 0 Å². The van der Waals surface area contributed by atoms with Crippen LogP contribution in [0, 0.1) is 11.8 Å². The topological polar surface area (TPSA) is 125 Å². The van der Waals surface area contributed by atoms with Gasteiger partial charge < -0.3 is 39.4 Å². The lowest BCUT2D eigenvalue weighted by atomic mass is 9.74. The highest BCUT2D eigenvalue weighted by Gasteiger charge is 2.36. The van der Waals surface area contributed by atoms with E-state index in [1.54, 1.807) is 0 Å². The Labute approximate surface area is 315 Å². The first-order valence-corrected chi connectivity index (χ1v) is 20.3. The van der Waals surface area contributed by atoms with Crippen molar-refractivity contribution in [2.24, 2.45) is 11.8 Å². The Morgan fingerprint density at radius 2 is 1.40 bits per heavy atom. The molecule has 2 saturated carbocycles. The average Bonchev–Trinajstić information content (AvgIpc) is 3.73. The molecule has 298 valence electrons. The van der Waals surface area contributed by atoms with Gasteiger partial charge in [-0.2, -0.15) is 10.2 Å². The predicted molar refractivity (Wildman–Crippen MR) is 209 cm³/mol. The van der Waals surface area contributed by atoms with Crippen molar-refractivity contribution in [2.75, 3.05) is 80.8 Å². The molecule has 0 saturated heterocycles. The van der Waals surface area contributed by atoms with Crippen molar-refractivity contribution in [3.05, 3.63) is 34.4 Å². The molecule has 4 rings (SSSR count). The predicted octanol–water partition coefficient (Wildman–Crippen LogP) is 5.09. The third-order valence-corrected chi connectivity index (χ3v) is 10.7. The molecule has 0 aliphatic heterocycles. The summed E-state index contributed by atoms with van der Waals surface area (Å²) in [6, 6.07) is 0. The van der Waals surface area contributed by atoms with E-state index in [1.165, 1.54) is 28.2 Å². The average molecular weight is 731 g/mol. The standard InChI is InChI=1S/C40H74N8O4/c1-10-49-26-30-17-31(19-32(18-30)39-34(23-43-45-39)24-47(8)14-12-41-6)27-50-16-11-38-37(25-48(9)15-13-42-7)40(46-44-38)33-20-35(51-28(2)3)22-36(21-33)52-29(4)5/h23,28-33,35-36,41-42H,10-22,24-27H2,1-9H3,(H,43,45)(H,44,46). The molecule has 12 nitrogen and oxygen atoms in total. The van der Waals surface area contributed by atoms with E-state index in [0.29, 0.717) is 24.4 Å². The van der Waals surface area contributed by atoms with E-state index in [2.05, 4.69) is 84.4 Å². The quantitative estimate of drug-likeness (QED) is 0.109. The Bertz CT molecular complexity index is 1240. The van der Waals surface area contributed by atoms with E-state index in [-0.39, 0.29) is 30.3 Å². The zero-order chi connectivity index (χ0) is 37.5. The Morgan fingerprint density at radius 3 is 2.00 bits per heavy atom. The van der Waals surface area contributed by atoms with Crippen LogP contribution in [-0.2, 0) is 38.5 Å². The number of nitrogens with zero attached hydrogens (tertiary/aromatic N) is 4. The van der Waals surface area contributed by atoms with Crippen molar-refractivity contribution in [1.29, 1.82) is 0 Å². The molecule has 2 aliphatic carbocycles. The number of hydrogen-bond donors (Lipinski definition) is 4. The molecule has 4 N–H and O–H groups in total. The largest absolute Gasteiger partial charge is 0.381 e. The Hall–Kier alpha value is -1.90. The van der Waals surface area contributed by atoms with Gasteiger partial charge in [-0.05, 0) is 113 Å². The summed E-state index contributed by atoms with van der Waals surface area (Å²) in [5.74, 6) is 1.71. The molecule has 5 atom stereocenters. The van der Waals surface area contributed by atoms with Gasteiger partial charge in [0, 0.05) is 99.9 Å². The fourth-order valence-corrected chi connectivity index (χ4v) is 8.48. The van der Waals surface area contributed by atoms with E-state index in [4.69, 9.17) is 24.0 Å². The van der Waals surface area contributed by atoms with Crippen LogP contribution >= 0.6 is 0 Å². The molecule has 0 amide bonds. The maximum atomic E-state index is 6.54. The number of aromatic amines is 2. The normalized spacial score (nSPS) is 24.2. The number of aromatic nitrogens is 4. The third-order valence-electron chi connectivity index (χ3n) is 10.7. The molecule has 0 radical (unpaired) electrons. The lowest BCUT2D eigenvalue weighted by Gasteiger charge is -2.36. The Balaban J connectivity index is 1.43. The van der Waals surface area contributed by atoms with E-state index >= 15 is 0 Å². The molecule has 12 heteroatoms. The van der Waals surface area contributed by atoms with Gasteiger partial charge in [0.15, 0.2) is 0 Å². The van der Waals surface area contributed by atoms with Crippen LogP contribution in [0.1, 0.15) is 113 Å². The second-order valence-electron chi connectivity index (χ2n) is 16.2. The summed E-state index contributed by atoms with van der Waals surface area (Å²) in [7, 11) is 8.40. The van der Waals surface area contributed by atoms with Gasteiger partial charge in [0.25, 0.3) is 0 Å². The highest BCUT2D eigenvalue weighted by Crippen LogP contribution is 2.41. The van der Waals surface area contributed by atoms with Crippen LogP contribution in [0.25, 0.3) is 0 Å². The Kier molecular flexibility index (Phi) is 18.5. The second kappa shape index (κ2) is 22.5. The van der Waals surface area contributed by atoms with Crippen LogP contribution in [0.4, 0.5) is 0 Å². The number of ether oxygens (including phenoxy) is 4. The molecule has 0 bridgehead atoms. The first-order chi connectivity index (χ1) is 25.1. The number of likely N-dealkylation sites (N-methyl/N-ethyl adjacent to an activating group) is 4. The molecule has 2 aromatic rings. The monoisotopic (exact) mass is 731 g/mol. The lowest BCUT2D eigenvalue weighted by Crippen LogP contribution is -2.35. The van der Waals surface area contributed by atoms with Crippen molar-refractivity contribution in [3.63, 3.8) is 0 Å². The summed E-state index contributed by atoms with van der Waals surface area (Å²) in [6.07, 6.45) is 9.81. The number of nitrogens with one attached hydrogen (secondary N) is 4. The molecule has 0 aromatic carbocycles. The molecule has 0 spiro atoms. The number of hydrogen-bond acceptors (Lipinski definition) is 10. The van der Waals surface area contributed by atoms with Crippen molar-refractivity contribution >= 4 is 0 Å². The summed E-state index contributed by atoms with van der Waals surface area (Å²) in [4.78, 5) is 4.76. The number of rotatable bonds is 24.